The summed E-state index contributed by atoms with van der Waals surface area (Å²) < 4.78 is 0. The zero-order valence-corrected chi connectivity index (χ0v) is 12.9. The van der Waals surface area contributed by atoms with Crippen LogP contribution in [0, 0.1) is 5.92 Å². The molecule has 1 aliphatic carbocycles. The van der Waals surface area contributed by atoms with E-state index in [4.69, 9.17) is 0 Å². The van der Waals surface area contributed by atoms with Gasteiger partial charge >= 0.3 is 0 Å². The van der Waals surface area contributed by atoms with Gasteiger partial charge in [-0.25, -0.2) is 0 Å². The second-order valence-corrected chi connectivity index (χ2v) is 6.35. The van der Waals surface area contributed by atoms with Crippen molar-refractivity contribution >= 4 is 10.9 Å². The molecule has 20 heavy (non-hydrogen) atoms. The first-order chi connectivity index (χ1) is 9.70. The standard InChI is InChI=1S/C18H26N2/c1-4-12(2)13(3)19-17-11-7-9-15-14-8-5-6-10-16(14)20-18(15)17/h5-6,8,10,12-13,17,19-20H,4,7,9,11H2,1-3H3. The summed E-state index contributed by atoms with van der Waals surface area (Å²) in [4.78, 5) is 3.67. The molecule has 1 heterocycles. The number of H-pyrrole nitrogens is 1. The van der Waals surface area contributed by atoms with Crippen molar-refractivity contribution in [2.24, 2.45) is 5.92 Å². The van der Waals surface area contributed by atoms with Gasteiger partial charge in [0, 0.05) is 28.7 Å². The molecule has 0 saturated heterocycles. The zero-order valence-electron chi connectivity index (χ0n) is 12.9. The lowest BCUT2D eigenvalue weighted by Gasteiger charge is -2.29. The maximum Gasteiger partial charge on any atom is 0.0478 e. The van der Waals surface area contributed by atoms with Crippen molar-refractivity contribution < 1.29 is 0 Å². The second-order valence-electron chi connectivity index (χ2n) is 6.35. The Morgan fingerprint density at radius 1 is 1.30 bits per heavy atom. The highest BCUT2D eigenvalue weighted by molar-refractivity contribution is 5.85. The number of nitrogens with one attached hydrogen (secondary N) is 2. The molecule has 0 radical (unpaired) electrons. The smallest absolute Gasteiger partial charge is 0.0478 e. The molecule has 2 N–H and O–H groups in total. The van der Waals surface area contributed by atoms with Crippen LogP contribution in [-0.4, -0.2) is 11.0 Å². The summed E-state index contributed by atoms with van der Waals surface area (Å²) in [5.74, 6) is 0.727. The highest BCUT2D eigenvalue weighted by atomic mass is 15.0. The molecule has 0 bridgehead atoms. The average Bonchev–Trinajstić information content (AvgIpc) is 2.86. The Balaban J connectivity index is 1.90. The van der Waals surface area contributed by atoms with Crippen LogP contribution in [0.5, 0.6) is 0 Å². The third kappa shape index (κ3) is 2.37. The van der Waals surface area contributed by atoms with Gasteiger partial charge in [-0.1, -0.05) is 38.5 Å². The summed E-state index contributed by atoms with van der Waals surface area (Å²) in [6.45, 7) is 6.94. The van der Waals surface area contributed by atoms with Gasteiger partial charge in [0.05, 0.1) is 0 Å². The van der Waals surface area contributed by atoms with E-state index in [2.05, 4.69) is 55.3 Å². The minimum atomic E-state index is 0.496. The van der Waals surface area contributed by atoms with Crippen LogP contribution >= 0.6 is 0 Å². The predicted molar refractivity (Wildman–Crippen MR) is 86.0 cm³/mol. The molecule has 2 heteroatoms. The molecule has 0 spiro atoms. The minimum Gasteiger partial charge on any atom is -0.357 e. The number of aryl methyl sites for hydroxylation is 1. The number of benzene rings is 1. The number of hydrogen-bond donors (Lipinski definition) is 2. The molecular formula is C18H26N2. The first kappa shape index (κ1) is 13.7. The van der Waals surface area contributed by atoms with Crippen LogP contribution in [0.15, 0.2) is 24.3 Å². The van der Waals surface area contributed by atoms with Crippen LogP contribution in [0.1, 0.15) is 57.3 Å². The van der Waals surface area contributed by atoms with Gasteiger partial charge in [-0.15, -0.1) is 0 Å². The van der Waals surface area contributed by atoms with Crippen molar-refractivity contribution in [2.45, 2.75) is 58.5 Å². The lowest BCUT2D eigenvalue weighted by atomic mass is 9.90. The third-order valence-corrected chi connectivity index (χ3v) is 5.08. The molecule has 2 aromatic rings. The van der Waals surface area contributed by atoms with Gasteiger partial charge in [0.15, 0.2) is 0 Å². The van der Waals surface area contributed by atoms with Crippen molar-refractivity contribution in [2.75, 3.05) is 0 Å². The monoisotopic (exact) mass is 270 g/mol. The van der Waals surface area contributed by atoms with Crippen LogP contribution in [0.2, 0.25) is 0 Å². The molecule has 0 fully saturated rings. The van der Waals surface area contributed by atoms with Crippen LogP contribution in [0.3, 0.4) is 0 Å². The Morgan fingerprint density at radius 2 is 2.10 bits per heavy atom. The molecule has 3 rings (SSSR count). The fourth-order valence-corrected chi connectivity index (χ4v) is 3.42. The lowest BCUT2D eigenvalue weighted by molar-refractivity contribution is 0.328. The fraction of sp³-hybridized carbons (Fsp3) is 0.556. The number of rotatable bonds is 4. The molecule has 2 nitrogen and oxygen atoms in total. The number of para-hydroxylation sites is 1. The van der Waals surface area contributed by atoms with E-state index in [-0.39, 0.29) is 0 Å². The molecular weight excluding hydrogens is 244 g/mol. The summed E-state index contributed by atoms with van der Waals surface area (Å²) >= 11 is 0. The van der Waals surface area contributed by atoms with Gasteiger partial charge < -0.3 is 10.3 Å². The van der Waals surface area contributed by atoms with Crippen molar-refractivity contribution in [3.63, 3.8) is 0 Å². The van der Waals surface area contributed by atoms with Crippen molar-refractivity contribution in [1.29, 1.82) is 0 Å². The van der Waals surface area contributed by atoms with E-state index in [1.54, 1.807) is 5.56 Å². The molecule has 0 aliphatic heterocycles. The summed E-state index contributed by atoms with van der Waals surface area (Å²) in [6, 6.07) is 9.79. The van der Waals surface area contributed by atoms with Gasteiger partial charge in [-0.2, -0.15) is 0 Å². The van der Waals surface area contributed by atoms with E-state index in [0.717, 1.165) is 5.92 Å². The molecule has 108 valence electrons. The van der Waals surface area contributed by atoms with E-state index in [1.807, 2.05) is 0 Å². The Morgan fingerprint density at radius 3 is 2.90 bits per heavy atom. The fourth-order valence-electron chi connectivity index (χ4n) is 3.42. The first-order valence-electron chi connectivity index (χ1n) is 8.06. The first-order valence-corrected chi connectivity index (χ1v) is 8.06. The summed E-state index contributed by atoms with van der Waals surface area (Å²) in [5, 5.41) is 5.28. The average molecular weight is 270 g/mol. The van der Waals surface area contributed by atoms with E-state index < -0.39 is 0 Å². The molecule has 0 saturated carbocycles. The Hall–Kier alpha value is -1.28. The Kier molecular flexibility index (Phi) is 3.84. The van der Waals surface area contributed by atoms with Crippen LogP contribution in [0.4, 0.5) is 0 Å². The quantitative estimate of drug-likeness (QED) is 0.837. The molecule has 1 aromatic carbocycles. The third-order valence-electron chi connectivity index (χ3n) is 5.08. The zero-order chi connectivity index (χ0) is 14.1. The van der Waals surface area contributed by atoms with Gasteiger partial charge in [0.1, 0.15) is 0 Å². The highest BCUT2D eigenvalue weighted by Crippen LogP contribution is 2.35. The minimum absolute atomic E-state index is 0.496. The van der Waals surface area contributed by atoms with Crippen LogP contribution in [0.25, 0.3) is 10.9 Å². The van der Waals surface area contributed by atoms with Gasteiger partial charge in [0.2, 0.25) is 0 Å². The Labute approximate surface area is 122 Å². The van der Waals surface area contributed by atoms with E-state index in [1.165, 1.54) is 42.3 Å². The number of fused-ring (bicyclic) bond motifs is 3. The van der Waals surface area contributed by atoms with Crippen LogP contribution in [-0.2, 0) is 6.42 Å². The maximum absolute atomic E-state index is 3.86. The SMILES string of the molecule is CCC(C)C(C)NC1CCCc2c1[nH]c1ccccc21. The van der Waals surface area contributed by atoms with Crippen molar-refractivity contribution in [1.82, 2.24) is 10.3 Å². The van der Waals surface area contributed by atoms with Gasteiger partial charge in [-0.3, -0.25) is 0 Å². The highest BCUT2D eigenvalue weighted by Gasteiger charge is 2.25. The van der Waals surface area contributed by atoms with Gasteiger partial charge in [0.25, 0.3) is 0 Å². The molecule has 1 aliphatic rings. The summed E-state index contributed by atoms with van der Waals surface area (Å²) in [7, 11) is 0. The van der Waals surface area contributed by atoms with E-state index >= 15 is 0 Å². The van der Waals surface area contributed by atoms with Crippen molar-refractivity contribution in [3.05, 3.63) is 35.5 Å². The second kappa shape index (κ2) is 5.61. The topological polar surface area (TPSA) is 27.8 Å². The molecule has 3 atom stereocenters. The molecule has 1 aromatic heterocycles. The maximum atomic E-state index is 3.86. The lowest BCUT2D eigenvalue weighted by Crippen LogP contribution is -2.36. The number of aromatic nitrogens is 1. The molecule has 3 unspecified atom stereocenters. The van der Waals surface area contributed by atoms with Crippen molar-refractivity contribution in [3.8, 4) is 0 Å². The Bertz CT molecular complexity index is 584. The summed E-state index contributed by atoms with van der Waals surface area (Å²) in [5.41, 5.74) is 4.27. The largest absolute Gasteiger partial charge is 0.357 e. The summed E-state index contributed by atoms with van der Waals surface area (Å²) in [6.07, 6.45) is 5.00. The van der Waals surface area contributed by atoms with E-state index in [9.17, 15) is 0 Å². The number of hydrogen-bond acceptors (Lipinski definition) is 1. The predicted octanol–water partition coefficient (Wildman–Crippen LogP) is 4.57. The normalized spacial score (nSPS) is 21.6. The van der Waals surface area contributed by atoms with Gasteiger partial charge in [-0.05, 0) is 43.7 Å². The molecule has 0 amide bonds. The number of aromatic amines is 1. The van der Waals surface area contributed by atoms with E-state index in [0.29, 0.717) is 12.1 Å². The van der Waals surface area contributed by atoms with Crippen LogP contribution < -0.4 is 5.32 Å².